The number of hydrogen-bond acceptors (Lipinski definition) is 2. The van der Waals surface area contributed by atoms with E-state index >= 15 is 0 Å². The van der Waals surface area contributed by atoms with Crippen LogP contribution in [0.2, 0.25) is 5.02 Å². The standard InChI is InChI=1S/C18H18ClFN2O2/c1-12-4-3-5-14(10-12)18(24)21-8-9-22(13(2)23)15-6-7-17(20)16(19)11-15/h3-7,10-11H,8-9H2,1-2H3,(H,21,24). The van der Waals surface area contributed by atoms with Crippen LogP contribution in [0.4, 0.5) is 10.1 Å². The van der Waals surface area contributed by atoms with Gasteiger partial charge < -0.3 is 10.2 Å². The Bertz CT molecular complexity index is 764. The van der Waals surface area contributed by atoms with Crippen molar-refractivity contribution in [2.45, 2.75) is 13.8 Å². The van der Waals surface area contributed by atoms with Crippen LogP contribution in [0.5, 0.6) is 0 Å². The van der Waals surface area contributed by atoms with E-state index in [4.69, 9.17) is 11.6 Å². The summed E-state index contributed by atoms with van der Waals surface area (Å²) in [5.74, 6) is -0.974. The van der Waals surface area contributed by atoms with E-state index in [0.29, 0.717) is 11.3 Å². The first kappa shape index (κ1) is 17.9. The van der Waals surface area contributed by atoms with Crippen molar-refractivity contribution in [3.05, 3.63) is 64.4 Å². The molecule has 4 nitrogen and oxygen atoms in total. The fraction of sp³-hybridized carbons (Fsp3) is 0.222. The molecule has 0 aliphatic rings. The van der Waals surface area contributed by atoms with Crippen LogP contribution in [0.25, 0.3) is 0 Å². The molecule has 0 aliphatic heterocycles. The van der Waals surface area contributed by atoms with Crippen molar-refractivity contribution in [2.75, 3.05) is 18.0 Å². The van der Waals surface area contributed by atoms with Crippen LogP contribution in [0.15, 0.2) is 42.5 Å². The molecule has 2 amide bonds. The molecule has 0 atom stereocenters. The molecular formula is C18H18ClFN2O2. The van der Waals surface area contributed by atoms with Crippen LogP contribution < -0.4 is 10.2 Å². The summed E-state index contributed by atoms with van der Waals surface area (Å²) in [5.41, 5.74) is 2.04. The molecule has 0 unspecified atom stereocenters. The number of halogens is 2. The summed E-state index contributed by atoms with van der Waals surface area (Å²) in [6.45, 7) is 3.84. The van der Waals surface area contributed by atoms with Gasteiger partial charge in [0.2, 0.25) is 5.91 Å². The molecule has 0 saturated carbocycles. The third kappa shape index (κ3) is 4.55. The summed E-state index contributed by atoms with van der Waals surface area (Å²) >= 11 is 5.76. The highest BCUT2D eigenvalue weighted by molar-refractivity contribution is 6.31. The fourth-order valence-corrected chi connectivity index (χ4v) is 2.47. The molecule has 0 heterocycles. The van der Waals surface area contributed by atoms with Crippen LogP contribution in [-0.4, -0.2) is 24.9 Å². The fourth-order valence-electron chi connectivity index (χ4n) is 2.29. The molecule has 0 spiro atoms. The number of nitrogens with zero attached hydrogens (tertiary/aromatic N) is 1. The van der Waals surface area contributed by atoms with E-state index in [1.807, 2.05) is 19.1 Å². The average Bonchev–Trinajstić information content (AvgIpc) is 2.54. The largest absolute Gasteiger partial charge is 0.350 e. The molecule has 126 valence electrons. The lowest BCUT2D eigenvalue weighted by molar-refractivity contribution is -0.116. The number of nitrogens with one attached hydrogen (secondary N) is 1. The number of aryl methyl sites for hydroxylation is 1. The summed E-state index contributed by atoms with van der Waals surface area (Å²) in [7, 11) is 0. The maximum Gasteiger partial charge on any atom is 0.251 e. The Balaban J connectivity index is 2.00. The lowest BCUT2D eigenvalue weighted by Gasteiger charge is -2.21. The van der Waals surface area contributed by atoms with E-state index in [1.54, 1.807) is 12.1 Å². The Morgan fingerprint density at radius 2 is 1.96 bits per heavy atom. The van der Waals surface area contributed by atoms with E-state index in [9.17, 15) is 14.0 Å². The highest BCUT2D eigenvalue weighted by Gasteiger charge is 2.14. The van der Waals surface area contributed by atoms with Gasteiger partial charge in [-0.1, -0.05) is 29.3 Å². The van der Waals surface area contributed by atoms with Crippen LogP contribution in [0, 0.1) is 12.7 Å². The van der Waals surface area contributed by atoms with Gasteiger partial charge in [-0.05, 0) is 37.3 Å². The predicted molar refractivity (Wildman–Crippen MR) is 92.9 cm³/mol. The first-order valence-corrected chi connectivity index (χ1v) is 7.84. The number of benzene rings is 2. The van der Waals surface area contributed by atoms with Crippen LogP contribution in [0.1, 0.15) is 22.8 Å². The monoisotopic (exact) mass is 348 g/mol. The minimum absolute atomic E-state index is 0.0532. The van der Waals surface area contributed by atoms with Gasteiger partial charge in [-0.3, -0.25) is 9.59 Å². The van der Waals surface area contributed by atoms with Crippen molar-refractivity contribution in [1.29, 1.82) is 0 Å². The Morgan fingerprint density at radius 3 is 2.58 bits per heavy atom. The van der Waals surface area contributed by atoms with Gasteiger partial charge in [-0.25, -0.2) is 4.39 Å². The summed E-state index contributed by atoms with van der Waals surface area (Å²) in [4.78, 5) is 25.3. The van der Waals surface area contributed by atoms with E-state index in [2.05, 4.69) is 5.32 Å². The first-order chi connectivity index (χ1) is 11.4. The molecular weight excluding hydrogens is 331 g/mol. The third-order valence-corrected chi connectivity index (χ3v) is 3.79. The van der Waals surface area contributed by atoms with Gasteiger partial charge in [0.25, 0.3) is 5.91 Å². The zero-order valence-electron chi connectivity index (χ0n) is 13.5. The number of carbonyl (C=O) groups excluding carboxylic acids is 2. The molecule has 2 aromatic carbocycles. The minimum Gasteiger partial charge on any atom is -0.350 e. The summed E-state index contributed by atoms with van der Waals surface area (Å²) in [6.07, 6.45) is 0. The first-order valence-electron chi connectivity index (χ1n) is 7.46. The van der Waals surface area contributed by atoms with Crippen molar-refractivity contribution >= 4 is 29.1 Å². The lowest BCUT2D eigenvalue weighted by atomic mass is 10.1. The molecule has 0 saturated heterocycles. The SMILES string of the molecule is CC(=O)N(CCNC(=O)c1cccc(C)c1)c1ccc(F)c(Cl)c1. The number of hydrogen-bond donors (Lipinski definition) is 1. The Kier molecular flexibility index (Phi) is 5.93. The molecule has 2 aromatic rings. The maximum absolute atomic E-state index is 13.2. The summed E-state index contributed by atoms with van der Waals surface area (Å²) in [5, 5.41) is 2.71. The van der Waals surface area contributed by atoms with Crippen molar-refractivity contribution in [3.8, 4) is 0 Å². The molecule has 2 rings (SSSR count). The van der Waals surface area contributed by atoms with Crippen molar-refractivity contribution in [3.63, 3.8) is 0 Å². The van der Waals surface area contributed by atoms with E-state index < -0.39 is 5.82 Å². The maximum atomic E-state index is 13.2. The molecule has 0 fully saturated rings. The molecule has 0 bridgehead atoms. The second-order valence-corrected chi connectivity index (χ2v) is 5.80. The van der Waals surface area contributed by atoms with Gasteiger partial charge in [0.05, 0.1) is 5.02 Å². The number of amides is 2. The number of anilines is 1. The summed E-state index contributed by atoms with van der Waals surface area (Å²) in [6, 6.07) is 11.3. The zero-order chi connectivity index (χ0) is 17.7. The summed E-state index contributed by atoms with van der Waals surface area (Å²) < 4.78 is 13.2. The van der Waals surface area contributed by atoms with Gasteiger partial charge in [0.15, 0.2) is 0 Å². The van der Waals surface area contributed by atoms with Crippen molar-refractivity contribution < 1.29 is 14.0 Å². The third-order valence-electron chi connectivity index (χ3n) is 3.50. The molecule has 24 heavy (non-hydrogen) atoms. The predicted octanol–water partition coefficient (Wildman–Crippen LogP) is 3.57. The van der Waals surface area contributed by atoms with E-state index in [1.165, 1.54) is 30.0 Å². The molecule has 0 aromatic heterocycles. The quantitative estimate of drug-likeness (QED) is 0.898. The molecule has 6 heteroatoms. The second-order valence-electron chi connectivity index (χ2n) is 5.39. The highest BCUT2D eigenvalue weighted by Crippen LogP contribution is 2.22. The zero-order valence-corrected chi connectivity index (χ0v) is 14.2. The van der Waals surface area contributed by atoms with Crippen LogP contribution in [-0.2, 0) is 4.79 Å². The van der Waals surface area contributed by atoms with Crippen LogP contribution >= 0.6 is 11.6 Å². The number of rotatable bonds is 5. The van der Waals surface area contributed by atoms with Crippen molar-refractivity contribution in [1.82, 2.24) is 5.32 Å². The van der Waals surface area contributed by atoms with Crippen LogP contribution in [0.3, 0.4) is 0 Å². The molecule has 0 aliphatic carbocycles. The molecule has 1 N–H and O–H groups in total. The Labute approximate surface area is 145 Å². The smallest absolute Gasteiger partial charge is 0.251 e. The normalized spacial score (nSPS) is 10.3. The highest BCUT2D eigenvalue weighted by atomic mass is 35.5. The van der Waals surface area contributed by atoms with Gasteiger partial charge >= 0.3 is 0 Å². The minimum atomic E-state index is -0.545. The van der Waals surface area contributed by atoms with Gasteiger partial charge in [0, 0.05) is 31.3 Å². The van der Waals surface area contributed by atoms with E-state index in [0.717, 1.165) is 5.56 Å². The van der Waals surface area contributed by atoms with Crippen molar-refractivity contribution in [2.24, 2.45) is 0 Å². The number of carbonyl (C=O) groups is 2. The second kappa shape index (κ2) is 7.93. The van der Waals surface area contributed by atoms with Gasteiger partial charge in [-0.15, -0.1) is 0 Å². The lowest BCUT2D eigenvalue weighted by Crippen LogP contribution is -2.37. The average molecular weight is 349 g/mol. The Morgan fingerprint density at radius 1 is 1.21 bits per heavy atom. The van der Waals surface area contributed by atoms with Gasteiger partial charge in [0.1, 0.15) is 5.82 Å². The molecule has 0 radical (unpaired) electrons. The van der Waals surface area contributed by atoms with E-state index in [-0.39, 0.29) is 29.9 Å². The van der Waals surface area contributed by atoms with Gasteiger partial charge in [-0.2, -0.15) is 0 Å². The Hall–Kier alpha value is -2.40. The topological polar surface area (TPSA) is 49.4 Å².